The standard InChI is InChI=1S/C11H15NO2/c1-3-9-6-8(7-11(13)14)4-5-10(9)12-2/h4-6,12H,3,7H2,1-2H3,(H,13,14). The molecule has 0 atom stereocenters. The Morgan fingerprint density at radius 3 is 2.71 bits per heavy atom. The summed E-state index contributed by atoms with van der Waals surface area (Å²) in [6.07, 6.45) is 1.00. The van der Waals surface area contributed by atoms with E-state index in [1.165, 1.54) is 0 Å². The third kappa shape index (κ3) is 2.49. The number of carboxylic acids is 1. The van der Waals surface area contributed by atoms with Crippen molar-refractivity contribution < 1.29 is 9.90 Å². The third-order valence-corrected chi connectivity index (χ3v) is 2.18. The minimum Gasteiger partial charge on any atom is -0.481 e. The first-order chi connectivity index (χ1) is 6.67. The van der Waals surface area contributed by atoms with E-state index in [0.29, 0.717) is 0 Å². The van der Waals surface area contributed by atoms with Crippen molar-refractivity contribution in [1.29, 1.82) is 0 Å². The van der Waals surface area contributed by atoms with E-state index in [1.807, 2.05) is 25.2 Å². The number of anilines is 1. The molecule has 1 aromatic carbocycles. The van der Waals surface area contributed by atoms with Crippen LogP contribution in [0.1, 0.15) is 18.1 Å². The van der Waals surface area contributed by atoms with Crippen LogP contribution in [0.5, 0.6) is 0 Å². The largest absolute Gasteiger partial charge is 0.481 e. The van der Waals surface area contributed by atoms with Gasteiger partial charge in [-0.15, -0.1) is 0 Å². The van der Waals surface area contributed by atoms with Gasteiger partial charge in [-0.05, 0) is 23.6 Å². The van der Waals surface area contributed by atoms with E-state index in [9.17, 15) is 4.79 Å². The van der Waals surface area contributed by atoms with Gasteiger partial charge >= 0.3 is 5.97 Å². The zero-order valence-corrected chi connectivity index (χ0v) is 8.50. The Balaban J connectivity index is 2.95. The summed E-state index contributed by atoms with van der Waals surface area (Å²) < 4.78 is 0. The van der Waals surface area contributed by atoms with Gasteiger partial charge in [0.2, 0.25) is 0 Å². The number of hydrogen-bond acceptors (Lipinski definition) is 2. The lowest BCUT2D eigenvalue weighted by Gasteiger charge is -2.08. The van der Waals surface area contributed by atoms with E-state index >= 15 is 0 Å². The van der Waals surface area contributed by atoms with Crippen LogP contribution in [0.25, 0.3) is 0 Å². The van der Waals surface area contributed by atoms with Crippen molar-refractivity contribution in [1.82, 2.24) is 0 Å². The zero-order chi connectivity index (χ0) is 10.6. The molecule has 0 aliphatic heterocycles. The molecule has 3 heteroatoms. The molecule has 0 fully saturated rings. The van der Waals surface area contributed by atoms with Gasteiger partial charge < -0.3 is 10.4 Å². The molecular weight excluding hydrogens is 178 g/mol. The van der Waals surface area contributed by atoms with E-state index in [-0.39, 0.29) is 6.42 Å². The van der Waals surface area contributed by atoms with Gasteiger partial charge in [-0.1, -0.05) is 19.1 Å². The van der Waals surface area contributed by atoms with Crippen molar-refractivity contribution in [2.24, 2.45) is 0 Å². The molecule has 0 saturated carbocycles. The number of carboxylic acid groups (broad SMARTS) is 1. The third-order valence-electron chi connectivity index (χ3n) is 2.18. The van der Waals surface area contributed by atoms with Gasteiger partial charge in [-0.3, -0.25) is 4.79 Å². The minimum absolute atomic E-state index is 0.0942. The topological polar surface area (TPSA) is 49.3 Å². The number of aryl methyl sites for hydroxylation is 1. The summed E-state index contributed by atoms with van der Waals surface area (Å²) in [6.45, 7) is 2.06. The van der Waals surface area contributed by atoms with Gasteiger partial charge in [-0.2, -0.15) is 0 Å². The van der Waals surface area contributed by atoms with E-state index in [4.69, 9.17) is 5.11 Å². The molecule has 0 heterocycles. The highest BCUT2D eigenvalue weighted by atomic mass is 16.4. The van der Waals surface area contributed by atoms with Crippen LogP contribution in [0.15, 0.2) is 18.2 Å². The fraction of sp³-hybridized carbons (Fsp3) is 0.364. The summed E-state index contributed by atoms with van der Waals surface area (Å²) in [6, 6.07) is 5.72. The van der Waals surface area contributed by atoms with Crippen molar-refractivity contribution >= 4 is 11.7 Å². The minimum atomic E-state index is -0.788. The molecule has 2 N–H and O–H groups in total. The van der Waals surface area contributed by atoms with Gasteiger partial charge in [-0.25, -0.2) is 0 Å². The molecule has 1 rings (SSSR count). The van der Waals surface area contributed by atoms with Gasteiger partial charge in [0.25, 0.3) is 0 Å². The number of nitrogens with one attached hydrogen (secondary N) is 1. The monoisotopic (exact) mass is 193 g/mol. The molecule has 0 aromatic heterocycles. The quantitative estimate of drug-likeness (QED) is 0.768. The normalized spacial score (nSPS) is 9.86. The SMILES string of the molecule is CCc1cc(CC(=O)O)ccc1NC. The van der Waals surface area contributed by atoms with E-state index in [0.717, 1.165) is 23.2 Å². The maximum Gasteiger partial charge on any atom is 0.307 e. The summed E-state index contributed by atoms with van der Waals surface area (Å²) in [7, 11) is 1.87. The smallest absolute Gasteiger partial charge is 0.307 e. The Morgan fingerprint density at radius 1 is 1.50 bits per heavy atom. The maximum atomic E-state index is 10.5. The second-order valence-corrected chi connectivity index (χ2v) is 3.17. The van der Waals surface area contributed by atoms with Crippen LogP contribution in [0, 0.1) is 0 Å². The van der Waals surface area contributed by atoms with Gasteiger partial charge in [0.15, 0.2) is 0 Å². The zero-order valence-electron chi connectivity index (χ0n) is 8.50. The predicted octanol–water partition coefficient (Wildman–Crippen LogP) is 1.92. The van der Waals surface area contributed by atoms with Crippen molar-refractivity contribution in [3.8, 4) is 0 Å². The molecule has 0 radical (unpaired) electrons. The number of aliphatic carboxylic acids is 1. The van der Waals surface area contributed by atoms with Gasteiger partial charge in [0.05, 0.1) is 6.42 Å². The van der Waals surface area contributed by atoms with Crippen molar-refractivity contribution in [3.05, 3.63) is 29.3 Å². The summed E-state index contributed by atoms with van der Waals surface area (Å²) in [5.41, 5.74) is 3.08. The van der Waals surface area contributed by atoms with E-state index < -0.39 is 5.97 Å². The fourth-order valence-electron chi connectivity index (χ4n) is 1.47. The molecule has 1 aromatic rings. The molecular formula is C11H15NO2. The number of hydrogen-bond donors (Lipinski definition) is 2. The molecule has 0 saturated heterocycles. The van der Waals surface area contributed by atoms with Crippen LogP contribution in [0.2, 0.25) is 0 Å². The van der Waals surface area contributed by atoms with Crippen molar-refractivity contribution in [2.45, 2.75) is 19.8 Å². The Bertz CT molecular complexity index is 334. The van der Waals surface area contributed by atoms with Crippen LogP contribution < -0.4 is 5.32 Å². The molecule has 0 spiro atoms. The number of carbonyl (C=O) groups is 1. The molecule has 0 aliphatic carbocycles. The Hall–Kier alpha value is -1.51. The van der Waals surface area contributed by atoms with Gasteiger partial charge in [0, 0.05) is 12.7 Å². The average molecular weight is 193 g/mol. The number of rotatable bonds is 4. The highest BCUT2D eigenvalue weighted by Gasteiger charge is 2.04. The molecule has 3 nitrogen and oxygen atoms in total. The van der Waals surface area contributed by atoms with Crippen LogP contribution in [0.3, 0.4) is 0 Å². The van der Waals surface area contributed by atoms with Crippen LogP contribution >= 0.6 is 0 Å². The molecule has 14 heavy (non-hydrogen) atoms. The highest BCUT2D eigenvalue weighted by molar-refractivity contribution is 5.70. The summed E-state index contributed by atoms with van der Waals surface area (Å²) in [5.74, 6) is -0.788. The first kappa shape index (κ1) is 10.6. The Morgan fingerprint density at radius 2 is 2.21 bits per heavy atom. The van der Waals surface area contributed by atoms with Crippen molar-refractivity contribution in [2.75, 3.05) is 12.4 Å². The first-order valence-corrected chi connectivity index (χ1v) is 4.68. The van der Waals surface area contributed by atoms with Crippen LogP contribution in [-0.2, 0) is 17.6 Å². The second kappa shape index (κ2) is 4.65. The van der Waals surface area contributed by atoms with E-state index in [1.54, 1.807) is 0 Å². The summed E-state index contributed by atoms with van der Waals surface area (Å²) >= 11 is 0. The first-order valence-electron chi connectivity index (χ1n) is 4.68. The Kier molecular flexibility index (Phi) is 3.51. The number of benzene rings is 1. The lowest BCUT2D eigenvalue weighted by Crippen LogP contribution is -2.02. The molecule has 0 aliphatic rings. The van der Waals surface area contributed by atoms with Crippen LogP contribution in [0.4, 0.5) is 5.69 Å². The summed E-state index contributed by atoms with van der Waals surface area (Å²) in [5, 5.41) is 11.7. The van der Waals surface area contributed by atoms with Crippen LogP contribution in [-0.4, -0.2) is 18.1 Å². The molecule has 0 amide bonds. The summed E-state index contributed by atoms with van der Waals surface area (Å²) in [4.78, 5) is 10.5. The van der Waals surface area contributed by atoms with Crippen molar-refractivity contribution in [3.63, 3.8) is 0 Å². The molecule has 76 valence electrons. The molecule has 0 bridgehead atoms. The highest BCUT2D eigenvalue weighted by Crippen LogP contribution is 2.17. The molecule has 0 unspecified atom stereocenters. The fourth-order valence-corrected chi connectivity index (χ4v) is 1.47. The van der Waals surface area contributed by atoms with E-state index in [2.05, 4.69) is 12.2 Å². The maximum absolute atomic E-state index is 10.5. The lowest BCUT2D eigenvalue weighted by molar-refractivity contribution is -0.136. The Labute approximate surface area is 83.8 Å². The lowest BCUT2D eigenvalue weighted by atomic mass is 10.0. The average Bonchev–Trinajstić information content (AvgIpc) is 2.16. The second-order valence-electron chi connectivity index (χ2n) is 3.17. The van der Waals surface area contributed by atoms with Gasteiger partial charge in [0.1, 0.15) is 0 Å². The predicted molar refractivity (Wildman–Crippen MR) is 56.7 cm³/mol.